The summed E-state index contributed by atoms with van der Waals surface area (Å²) in [5, 5.41) is 3.33. The number of ether oxygens (including phenoxy) is 3. The van der Waals surface area contributed by atoms with Crippen molar-refractivity contribution in [2.45, 2.75) is 18.9 Å². The zero-order valence-corrected chi connectivity index (χ0v) is 13.0. The first-order valence-electron chi connectivity index (χ1n) is 7.11. The van der Waals surface area contributed by atoms with Gasteiger partial charge in [0, 0.05) is 6.04 Å². The van der Waals surface area contributed by atoms with Crippen LogP contribution in [0.2, 0.25) is 0 Å². The largest absolute Gasteiger partial charge is 0.497 e. The molecular formula is C16H21NO5. The molecule has 1 fully saturated rings. The molecular weight excluding hydrogens is 286 g/mol. The van der Waals surface area contributed by atoms with Crippen LogP contribution >= 0.6 is 0 Å². The lowest BCUT2D eigenvalue weighted by molar-refractivity contribution is -0.172. The minimum Gasteiger partial charge on any atom is -0.497 e. The zero-order valence-electron chi connectivity index (χ0n) is 13.0. The van der Waals surface area contributed by atoms with Gasteiger partial charge in [0.2, 0.25) is 0 Å². The van der Waals surface area contributed by atoms with Gasteiger partial charge in [-0.05, 0) is 37.1 Å². The van der Waals surface area contributed by atoms with Gasteiger partial charge in [0.25, 0.3) is 0 Å². The Bertz CT molecular complexity index is 541. The van der Waals surface area contributed by atoms with Gasteiger partial charge in [-0.3, -0.25) is 9.59 Å². The van der Waals surface area contributed by atoms with E-state index in [1.807, 2.05) is 24.3 Å². The summed E-state index contributed by atoms with van der Waals surface area (Å²) in [5.74, 6) is -0.367. The Balaban J connectivity index is 2.32. The van der Waals surface area contributed by atoms with Crippen LogP contribution in [0.5, 0.6) is 5.75 Å². The van der Waals surface area contributed by atoms with Crippen molar-refractivity contribution in [1.82, 2.24) is 5.32 Å². The molecule has 1 atom stereocenters. The van der Waals surface area contributed by atoms with E-state index < -0.39 is 17.4 Å². The standard InChI is InChI=1S/C16H21NO5/c1-20-12-6-4-5-11(9-12)13-10-16(7-8-17-13,14(18)21-2)15(19)22-3/h4-6,9,13,17H,7-8,10H2,1-3H3. The number of hydrogen-bond donors (Lipinski definition) is 1. The predicted octanol–water partition coefficient (Wildman–Crippen LogP) is 1.45. The molecule has 2 rings (SSSR count). The van der Waals surface area contributed by atoms with Crippen LogP contribution in [0.4, 0.5) is 0 Å². The van der Waals surface area contributed by atoms with Gasteiger partial charge in [-0.25, -0.2) is 0 Å². The van der Waals surface area contributed by atoms with Gasteiger partial charge in [0.1, 0.15) is 5.75 Å². The third kappa shape index (κ3) is 2.92. The Hall–Kier alpha value is -2.08. The van der Waals surface area contributed by atoms with Crippen molar-refractivity contribution in [3.8, 4) is 5.75 Å². The molecule has 0 spiro atoms. The van der Waals surface area contributed by atoms with E-state index >= 15 is 0 Å². The van der Waals surface area contributed by atoms with Crippen molar-refractivity contribution >= 4 is 11.9 Å². The number of esters is 2. The second-order valence-electron chi connectivity index (χ2n) is 5.30. The number of piperidine rings is 1. The van der Waals surface area contributed by atoms with E-state index in [4.69, 9.17) is 14.2 Å². The monoisotopic (exact) mass is 307 g/mol. The smallest absolute Gasteiger partial charge is 0.323 e. The highest BCUT2D eigenvalue weighted by Gasteiger charge is 2.51. The third-order valence-corrected chi connectivity index (χ3v) is 4.14. The average Bonchev–Trinajstić information content (AvgIpc) is 2.60. The molecule has 0 aliphatic carbocycles. The lowest BCUT2D eigenvalue weighted by Gasteiger charge is -2.37. The molecule has 0 amide bonds. The maximum absolute atomic E-state index is 12.2. The second kappa shape index (κ2) is 6.79. The van der Waals surface area contributed by atoms with Crippen LogP contribution in [0.1, 0.15) is 24.4 Å². The van der Waals surface area contributed by atoms with Crippen LogP contribution in [-0.2, 0) is 19.1 Å². The number of nitrogens with one attached hydrogen (secondary N) is 1. The minimum atomic E-state index is -1.26. The molecule has 1 unspecified atom stereocenters. The lowest BCUT2D eigenvalue weighted by Crippen LogP contribution is -2.49. The van der Waals surface area contributed by atoms with E-state index in [9.17, 15) is 9.59 Å². The fraction of sp³-hybridized carbons (Fsp3) is 0.500. The molecule has 0 saturated carbocycles. The van der Waals surface area contributed by atoms with Crippen LogP contribution in [0, 0.1) is 5.41 Å². The normalized spacial score (nSPS) is 20.0. The molecule has 0 bridgehead atoms. The van der Waals surface area contributed by atoms with Crippen LogP contribution in [0.25, 0.3) is 0 Å². The van der Waals surface area contributed by atoms with Gasteiger partial charge in [-0.2, -0.15) is 0 Å². The Kier molecular flexibility index (Phi) is 5.03. The maximum atomic E-state index is 12.2. The van der Waals surface area contributed by atoms with Gasteiger partial charge in [0.15, 0.2) is 5.41 Å². The highest BCUT2D eigenvalue weighted by atomic mass is 16.5. The van der Waals surface area contributed by atoms with Crippen molar-refractivity contribution in [3.63, 3.8) is 0 Å². The molecule has 1 saturated heterocycles. The summed E-state index contributed by atoms with van der Waals surface area (Å²) in [4.78, 5) is 24.4. The van der Waals surface area contributed by atoms with Gasteiger partial charge in [-0.1, -0.05) is 12.1 Å². The fourth-order valence-corrected chi connectivity index (χ4v) is 2.92. The molecule has 1 heterocycles. The van der Waals surface area contributed by atoms with Gasteiger partial charge in [0.05, 0.1) is 21.3 Å². The third-order valence-electron chi connectivity index (χ3n) is 4.14. The Morgan fingerprint density at radius 2 is 1.86 bits per heavy atom. The van der Waals surface area contributed by atoms with E-state index in [0.717, 1.165) is 11.3 Å². The van der Waals surface area contributed by atoms with Crippen molar-refractivity contribution in [2.75, 3.05) is 27.9 Å². The number of methoxy groups -OCH3 is 3. The minimum absolute atomic E-state index is 0.151. The summed E-state index contributed by atoms with van der Waals surface area (Å²) >= 11 is 0. The van der Waals surface area contributed by atoms with Crippen LogP contribution < -0.4 is 10.1 Å². The first-order chi connectivity index (χ1) is 10.6. The molecule has 1 aromatic carbocycles. The van der Waals surface area contributed by atoms with E-state index in [2.05, 4.69) is 5.32 Å². The molecule has 0 aromatic heterocycles. The second-order valence-corrected chi connectivity index (χ2v) is 5.30. The summed E-state index contributed by atoms with van der Waals surface area (Å²) in [6.07, 6.45) is 0.645. The molecule has 1 aliphatic heterocycles. The van der Waals surface area contributed by atoms with E-state index in [1.165, 1.54) is 14.2 Å². The first kappa shape index (κ1) is 16.3. The summed E-state index contributed by atoms with van der Waals surface area (Å²) < 4.78 is 14.9. The summed E-state index contributed by atoms with van der Waals surface area (Å²) in [7, 11) is 4.17. The maximum Gasteiger partial charge on any atom is 0.323 e. The highest BCUT2D eigenvalue weighted by molar-refractivity contribution is 6.00. The molecule has 0 radical (unpaired) electrons. The van der Waals surface area contributed by atoms with Gasteiger partial charge in [-0.15, -0.1) is 0 Å². The van der Waals surface area contributed by atoms with E-state index in [0.29, 0.717) is 19.4 Å². The number of carbonyl (C=O) groups excluding carboxylic acids is 2. The SMILES string of the molecule is COC(=O)C1(C(=O)OC)CCNC(c2cccc(OC)c2)C1. The number of hydrogen-bond acceptors (Lipinski definition) is 6. The topological polar surface area (TPSA) is 73.9 Å². The molecule has 1 aromatic rings. The van der Waals surface area contributed by atoms with Crippen molar-refractivity contribution in [2.24, 2.45) is 5.41 Å². The van der Waals surface area contributed by atoms with Crippen LogP contribution in [-0.4, -0.2) is 39.8 Å². The number of benzene rings is 1. The predicted molar refractivity (Wildman–Crippen MR) is 79.4 cm³/mol. The van der Waals surface area contributed by atoms with E-state index in [-0.39, 0.29) is 6.04 Å². The summed E-state index contributed by atoms with van der Waals surface area (Å²) in [5.41, 5.74) is -0.307. The molecule has 6 nitrogen and oxygen atoms in total. The number of rotatable bonds is 4. The van der Waals surface area contributed by atoms with Gasteiger partial charge < -0.3 is 19.5 Å². The molecule has 120 valence electrons. The van der Waals surface area contributed by atoms with Crippen molar-refractivity contribution in [3.05, 3.63) is 29.8 Å². The van der Waals surface area contributed by atoms with Crippen molar-refractivity contribution in [1.29, 1.82) is 0 Å². The summed E-state index contributed by atoms with van der Waals surface area (Å²) in [6, 6.07) is 7.40. The molecule has 1 aliphatic rings. The highest BCUT2D eigenvalue weighted by Crippen LogP contribution is 2.40. The lowest BCUT2D eigenvalue weighted by atomic mass is 9.74. The first-order valence-corrected chi connectivity index (χ1v) is 7.11. The zero-order chi connectivity index (χ0) is 16.2. The molecule has 22 heavy (non-hydrogen) atoms. The van der Waals surface area contributed by atoms with Gasteiger partial charge >= 0.3 is 11.9 Å². The Morgan fingerprint density at radius 1 is 1.18 bits per heavy atom. The molecule has 1 N–H and O–H groups in total. The van der Waals surface area contributed by atoms with Crippen molar-refractivity contribution < 1.29 is 23.8 Å². The number of carbonyl (C=O) groups is 2. The van der Waals surface area contributed by atoms with E-state index in [1.54, 1.807) is 7.11 Å². The Morgan fingerprint density at radius 3 is 2.45 bits per heavy atom. The quantitative estimate of drug-likeness (QED) is 0.670. The molecule has 6 heteroatoms. The Labute approximate surface area is 129 Å². The van der Waals surface area contributed by atoms with Crippen LogP contribution in [0.3, 0.4) is 0 Å². The fourth-order valence-electron chi connectivity index (χ4n) is 2.92. The van der Waals surface area contributed by atoms with Crippen LogP contribution in [0.15, 0.2) is 24.3 Å². The average molecular weight is 307 g/mol. The summed E-state index contributed by atoms with van der Waals surface area (Å²) in [6.45, 7) is 0.520.